The zero-order chi connectivity index (χ0) is 21.8. The van der Waals surface area contributed by atoms with E-state index in [0.717, 1.165) is 12.3 Å². The van der Waals surface area contributed by atoms with Crippen LogP contribution in [0.4, 0.5) is 14.5 Å². The zero-order valence-electron chi connectivity index (χ0n) is 15.1. The van der Waals surface area contributed by atoms with Crippen molar-refractivity contribution in [3.63, 3.8) is 0 Å². The fourth-order valence-electron chi connectivity index (χ4n) is 2.32. The van der Waals surface area contributed by atoms with Gasteiger partial charge in [0.25, 0.3) is 5.91 Å². The van der Waals surface area contributed by atoms with E-state index < -0.39 is 34.8 Å². The predicted molar refractivity (Wildman–Crippen MR) is 96.3 cm³/mol. The number of sulfonamides is 1. The minimum atomic E-state index is -3.82. The summed E-state index contributed by atoms with van der Waals surface area (Å²) in [5, 5.41) is 2.34. The summed E-state index contributed by atoms with van der Waals surface area (Å²) in [6, 6.07) is 6.41. The molecule has 30 heavy (non-hydrogen) atoms. The normalized spacial score (nSPS) is 14.2. The summed E-state index contributed by atoms with van der Waals surface area (Å²) in [6.07, 6.45) is -1.52. The van der Waals surface area contributed by atoms with E-state index in [-0.39, 0.29) is 35.0 Å². The van der Waals surface area contributed by atoms with Crippen molar-refractivity contribution < 1.29 is 41.0 Å². The van der Waals surface area contributed by atoms with Gasteiger partial charge in [-0.25, -0.2) is 13.1 Å². The van der Waals surface area contributed by atoms with Crippen molar-refractivity contribution >= 4 is 27.6 Å². The Morgan fingerprint density at radius 3 is 2.67 bits per heavy atom. The Labute approximate surface area is 169 Å². The minimum absolute atomic E-state index is 0.0563. The van der Waals surface area contributed by atoms with Gasteiger partial charge in [0, 0.05) is 30.7 Å². The lowest BCUT2D eigenvalue weighted by Crippen LogP contribution is -2.28. The largest absolute Gasteiger partial charge is 0.586 e. The number of alkyl halides is 2. The molecular formula is C17H15F2N3O7S. The van der Waals surface area contributed by atoms with Gasteiger partial charge < -0.3 is 19.5 Å². The molecule has 1 aliphatic heterocycles. The fraction of sp³-hybridized carbons (Fsp3) is 0.235. The van der Waals surface area contributed by atoms with E-state index in [1.807, 2.05) is 0 Å². The summed E-state index contributed by atoms with van der Waals surface area (Å²) >= 11 is 0. The summed E-state index contributed by atoms with van der Waals surface area (Å²) in [5.74, 6) is -1.98. The third-order valence-corrected chi connectivity index (χ3v) is 5.06. The number of esters is 1. The van der Waals surface area contributed by atoms with Gasteiger partial charge in [-0.3, -0.25) is 14.6 Å². The van der Waals surface area contributed by atoms with Crippen molar-refractivity contribution in [1.82, 2.24) is 9.71 Å². The molecule has 0 spiro atoms. The number of carbonyl (C=O) groups excluding carboxylic acids is 2. The molecule has 0 fully saturated rings. The first-order valence-electron chi connectivity index (χ1n) is 8.40. The van der Waals surface area contributed by atoms with Gasteiger partial charge in [-0.05, 0) is 24.3 Å². The van der Waals surface area contributed by atoms with Crippen LogP contribution in [0.5, 0.6) is 11.5 Å². The van der Waals surface area contributed by atoms with Crippen molar-refractivity contribution in [1.29, 1.82) is 0 Å². The van der Waals surface area contributed by atoms with Crippen LogP contribution in [0.15, 0.2) is 47.6 Å². The fourth-order valence-corrected chi connectivity index (χ4v) is 3.31. The van der Waals surface area contributed by atoms with Crippen LogP contribution in [-0.4, -0.2) is 44.7 Å². The highest BCUT2D eigenvalue weighted by Crippen LogP contribution is 2.42. The lowest BCUT2D eigenvalue weighted by Gasteiger charge is -2.08. The van der Waals surface area contributed by atoms with Crippen LogP contribution < -0.4 is 19.5 Å². The molecule has 0 bridgehead atoms. The molecule has 1 aliphatic rings. The molecule has 0 unspecified atom stereocenters. The Kier molecular flexibility index (Phi) is 6.12. The number of halogens is 2. The Morgan fingerprint density at radius 1 is 1.17 bits per heavy atom. The van der Waals surface area contributed by atoms with Gasteiger partial charge in [-0.1, -0.05) is 0 Å². The van der Waals surface area contributed by atoms with Crippen LogP contribution in [-0.2, 0) is 24.3 Å². The van der Waals surface area contributed by atoms with Gasteiger partial charge >= 0.3 is 12.3 Å². The molecule has 1 aromatic carbocycles. The van der Waals surface area contributed by atoms with E-state index in [2.05, 4.69) is 24.5 Å². The highest BCUT2D eigenvalue weighted by molar-refractivity contribution is 7.89. The number of nitrogens with one attached hydrogen (secondary N) is 2. The number of aromatic nitrogens is 1. The number of rotatable bonds is 8. The molecule has 1 aromatic heterocycles. The Bertz CT molecular complexity index is 1050. The van der Waals surface area contributed by atoms with Gasteiger partial charge in [0.2, 0.25) is 10.0 Å². The van der Waals surface area contributed by atoms with Crippen LogP contribution >= 0.6 is 0 Å². The monoisotopic (exact) mass is 443 g/mol. The number of ether oxygens (including phenoxy) is 3. The number of anilines is 1. The van der Waals surface area contributed by atoms with Crippen LogP contribution in [0.1, 0.15) is 6.42 Å². The van der Waals surface area contributed by atoms with Crippen molar-refractivity contribution in [2.45, 2.75) is 17.6 Å². The summed E-state index contributed by atoms with van der Waals surface area (Å²) in [6.45, 7) is -0.896. The Balaban J connectivity index is 1.41. The molecule has 2 aromatic rings. The van der Waals surface area contributed by atoms with Crippen LogP contribution in [0, 0.1) is 0 Å². The standard InChI is InChI=1S/C17H15F2N3O7S/c18-17(19)28-13-4-3-11(8-14(13)29-17)22-15(23)10-27-16(24)5-7-21-30(25,26)12-2-1-6-20-9-12/h1-4,6,8-9,21H,5,7,10H2,(H,22,23). The number of fused-ring (bicyclic) bond motifs is 1. The van der Waals surface area contributed by atoms with Crippen molar-refractivity contribution in [2.75, 3.05) is 18.5 Å². The van der Waals surface area contributed by atoms with E-state index in [9.17, 15) is 26.8 Å². The molecule has 3 rings (SSSR count). The quantitative estimate of drug-likeness (QED) is 0.583. The maximum Gasteiger partial charge on any atom is 0.586 e. The highest BCUT2D eigenvalue weighted by Gasteiger charge is 2.43. The molecule has 2 N–H and O–H groups in total. The molecule has 160 valence electrons. The number of hydrogen-bond donors (Lipinski definition) is 2. The first kappa shape index (κ1) is 21.4. The Morgan fingerprint density at radius 2 is 1.93 bits per heavy atom. The molecule has 0 saturated carbocycles. The van der Waals surface area contributed by atoms with E-state index in [4.69, 9.17) is 4.74 Å². The number of benzene rings is 1. The molecule has 0 atom stereocenters. The van der Waals surface area contributed by atoms with Crippen molar-refractivity contribution in [2.24, 2.45) is 0 Å². The van der Waals surface area contributed by atoms with Gasteiger partial charge in [0.05, 0.1) is 6.42 Å². The topological polar surface area (TPSA) is 133 Å². The average Bonchev–Trinajstić information content (AvgIpc) is 3.00. The lowest BCUT2D eigenvalue weighted by molar-refractivity contribution is -0.286. The van der Waals surface area contributed by atoms with Crippen LogP contribution in [0.2, 0.25) is 0 Å². The number of pyridine rings is 1. The van der Waals surface area contributed by atoms with E-state index in [1.165, 1.54) is 30.5 Å². The Hall–Kier alpha value is -3.32. The third-order valence-electron chi connectivity index (χ3n) is 3.62. The maximum atomic E-state index is 13.0. The predicted octanol–water partition coefficient (Wildman–Crippen LogP) is 1.25. The number of carbonyl (C=O) groups is 2. The van der Waals surface area contributed by atoms with E-state index in [1.54, 1.807) is 0 Å². The highest BCUT2D eigenvalue weighted by atomic mass is 32.2. The first-order chi connectivity index (χ1) is 14.1. The second kappa shape index (κ2) is 8.59. The smallest absolute Gasteiger partial charge is 0.456 e. The minimum Gasteiger partial charge on any atom is -0.456 e. The molecular weight excluding hydrogens is 428 g/mol. The second-order valence-electron chi connectivity index (χ2n) is 5.87. The van der Waals surface area contributed by atoms with Crippen molar-refractivity contribution in [3.05, 3.63) is 42.7 Å². The van der Waals surface area contributed by atoms with Gasteiger partial charge in [0.15, 0.2) is 18.1 Å². The number of hydrogen-bond acceptors (Lipinski definition) is 8. The molecule has 13 heteroatoms. The number of nitrogens with zero attached hydrogens (tertiary/aromatic N) is 1. The van der Waals surface area contributed by atoms with E-state index in [0.29, 0.717) is 0 Å². The summed E-state index contributed by atoms with van der Waals surface area (Å²) < 4.78 is 65.4. The first-order valence-corrected chi connectivity index (χ1v) is 9.88. The molecule has 0 aliphatic carbocycles. The number of amides is 1. The van der Waals surface area contributed by atoms with Gasteiger partial charge in [-0.15, -0.1) is 8.78 Å². The molecule has 10 nitrogen and oxygen atoms in total. The summed E-state index contributed by atoms with van der Waals surface area (Å²) in [7, 11) is -3.82. The maximum absolute atomic E-state index is 13.0. The van der Waals surface area contributed by atoms with Crippen LogP contribution in [0.3, 0.4) is 0 Å². The van der Waals surface area contributed by atoms with Gasteiger partial charge in [0.1, 0.15) is 4.90 Å². The zero-order valence-corrected chi connectivity index (χ0v) is 15.9. The lowest BCUT2D eigenvalue weighted by atomic mass is 10.3. The third kappa shape index (κ3) is 5.61. The second-order valence-corrected chi connectivity index (χ2v) is 7.64. The van der Waals surface area contributed by atoms with Crippen LogP contribution in [0.25, 0.3) is 0 Å². The summed E-state index contributed by atoms with van der Waals surface area (Å²) in [5.41, 5.74) is 0.125. The summed E-state index contributed by atoms with van der Waals surface area (Å²) in [4.78, 5) is 27.2. The molecule has 0 radical (unpaired) electrons. The van der Waals surface area contributed by atoms with Gasteiger partial charge in [-0.2, -0.15) is 0 Å². The van der Waals surface area contributed by atoms with E-state index >= 15 is 0 Å². The SMILES string of the molecule is O=C(COC(=O)CCNS(=O)(=O)c1cccnc1)Nc1ccc2c(c1)OC(F)(F)O2. The molecule has 2 heterocycles. The molecule has 1 amide bonds. The molecule has 0 saturated heterocycles. The van der Waals surface area contributed by atoms with Crippen molar-refractivity contribution in [3.8, 4) is 11.5 Å². The average molecular weight is 443 g/mol.